The monoisotopic (exact) mass is 735 g/mol. The molecule has 0 aliphatic rings. The first-order valence-electron chi connectivity index (χ1n) is 14.0. The summed E-state index contributed by atoms with van der Waals surface area (Å²) in [5, 5.41) is 11.2. The Kier molecular flexibility index (Phi) is 8.05. The Bertz CT molecular complexity index is 1910. The number of hydrogen-bond donors (Lipinski definition) is 0. The summed E-state index contributed by atoms with van der Waals surface area (Å²) < 4.78 is 0. The van der Waals surface area contributed by atoms with E-state index in [2.05, 4.69) is 95.6 Å². The van der Waals surface area contributed by atoms with E-state index in [1.807, 2.05) is 62.6 Å². The Morgan fingerprint density at radius 3 is 1.19 bits per heavy atom. The molecule has 0 unspecified atom stereocenters. The van der Waals surface area contributed by atoms with Crippen molar-refractivity contribution >= 4 is 33.2 Å². The minimum absolute atomic E-state index is 0. The van der Waals surface area contributed by atoms with Gasteiger partial charge in [-0.2, -0.15) is 0 Å². The Balaban J connectivity index is 0.00000329. The molecule has 4 nitrogen and oxygen atoms in total. The quantitative estimate of drug-likeness (QED) is 0.160. The van der Waals surface area contributed by atoms with Gasteiger partial charge in [-0.3, -0.25) is 0 Å². The summed E-state index contributed by atoms with van der Waals surface area (Å²) in [5.74, 6) is 0. The molecular weight excluding hydrogens is 708 g/mol. The van der Waals surface area contributed by atoms with Gasteiger partial charge in [-0.1, -0.05) is 121 Å². The van der Waals surface area contributed by atoms with Gasteiger partial charge >= 0.3 is 21.1 Å². The molecule has 0 saturated carbocycles. The van der Waals surface area contributed by atoms with Gasteiger partial charge in [0, 0.05) is 10.8 Å². The number of hydrogen-bond acceptors (Lipinski definition) is 2. The van der Waals surface area contributed by atoms with Gasteiger partial charge in [0.2, 0.25) is 0 Å². The first-order chi connectivity index (χ1) is 20.7. The first-order valence-corrected chi connectivity index (χ1v) is 14.0. The van der Waals surface area contributed by atoms with E-state index in [4.69, 9.17) is 9.97 Å². The van der Waals surface area contributed by atoms with Crippen LogP contribution in [-0.4, -0.2) is 24.1 Å². The van der Waals surface area contributed by atoms with Crippen LogP contribution in [0.4, 0.5) is 11.4 Å². The fourth-order valence-corrected chi connectivity index (χ4v) is 5.73. The van der Waals surface area contributed by atoms with Crippen LogP contribution in [-0.2, 0) is 21.1 Å². The zero-order valence-corrected chi connectivity index (χ0v) is 26.1. The smallest absolute Gasteiger partial charge is 0.686 e. The van der Waals surface area contributed by atoms with Gasteiger partial charge < -0.3 is 10.6 Å². The number of benzene rings is 5. The van der Waals surface area contributed by atoms with Crippen LogP contribution in [0, 0.1) is 0 Å². The van der Waals surface area contributed by atoms with Crippen molar-refractivity contribution in [2.45, 2.75) is 0 Å². The summed E-state index contributed by atoms with van der Waals surface area (Å²) in [7, 11) is 3.65. The van der Waals surface area contributed by atoms with Gasteiger partial charge in [-0.15, -0.1) is 25.5 Å². The summed E-state index contributed by atoms with van der Waals surface area (Å²) in [6, 6.07) is 46.1. The Labute approximate surface area is 266 Å². The van der Waals surface area contributed by atoms with Gasteiger partial charge in [0.1, 0.15) is 0 Å². The van der Waals surface area contributed by atoms with Crippen LogP contribution in [0.5, 0.6) is 0 Å². The second-order valence-corrected chi connectivity index (χ2v) is 10.2. The molecular formula is C38H28N4Pt. The molecule has 7 rings (SSSR count). The normalized spacial score (nSPS) is 10.8. The molecule has 210 valence electrons. The van der Waals surface area contributed by atoms with Crippen LogP contribution in [0.1, 0.15) is 0 Å². The third-order valence-electron chi connectivity index (χ3n) is 7.77. The van der Waals surface area contributed by atoms with Crippen LogP contribution < -0.4 is 0 Å². The molecule has 0 aliphatic heterocycles. The molecule has 2 heterocycles. The van der Waals surface area contributed by atoms with E-state index in [9.17, 15) is 0 Å². The van der Waals surface area contributed by atoms with Crippen LogP contribution in [0.25, 0.3) is 77.2 Å². The number of aromatic nitrogens is 2. The van der Waals surface area contributed by atoms with Crippen LogP contribution in [0.15, 0.2) is 133 Å². The molecule has 0 radical (unpaired) electrons. The number of rotatable bonds is 6. The van der Waals surface area contributed by atoms with Crippen LogP contribution in [0.2, 0.25) is 0 Å². The van der Waals surface area contributed by atoms with Crippen molar-refractivity contribution in [3.63, 3.8) is 0 Å². The van der Waals surface area contributed by atoms with E-state index in [0.29, 0.717) is 0 Å². The largest absolute Gasteiger partial charge is 2.00 e. The van der Waals surface area contributed by atoms with Gasteiger partial charge in [0.25, 0.3) is 0 Å². The van der Waals surface area contributed by atoms with Crippen molar-refractivity contribution in [2.24, 2.45) is 0 Å². The molecule has 7 aromatic rings. The molecule has 0 bridgehead atoms. The molecule has 43 heavy (non-hydrogen) atoms. The maximum atomic E-state index is 5.33. The van der Waals surface area contributed by atoms with Gasteiger partial charge in [0.15, 0.2) is 0 Å². The molecule has 0 saturated heterocycles. The first kappa shape index (κ1) is 28.3. The minimum Gasteiger partial charge on any atom is -0.686 e. The predicted molar refractivity (Wildman–Crippen MR) is 177 cm³/mol. The van der Waals surface area contributed by atoms with Crippen molar-refractivity contribution in [1.29, 1.82) is 0 Å². The second kappa shape index (κ2) is 12.2. The SMILES string of the molecule is C[N-]c1ccccc1-c1cc(-c2ccccc2)c2ccc3c(-c4ccccc4)cc(-c4ccccc4[N-]C)nc3c2n1.[Pt+2]. The molecule has 0 spiro atoms. The van der Waals surface area contributed by atoms with E-state index >= 15 is 0 Å². The second-order valence-electron chi connectivity index (χ2n) is 10.2. The summed E-state index contributed by atoms with van der Waals surface area (Å²) in [5.41, 5.74) is 11.7. The zero-order chi connectivity index (χ0) is 28.5. The van der Waals surface area contributed by atoms with Crippen molar-refractivity contribution in [3.05, 3.63) is 144 Å². The van der Waals surface area contributed by atoms with E-state index in [1.54, 1.807) is 0 Å². The van der Waals surface area contributed by atoms with E-state index in [0.717, 1.165) is 77.9 Å². The molecule has 0 aliphatic carbocycles. The molecule has 0 fully saturated rings. The summed E-state index contributed by atoms with van der Waals surface area (Å²) in [4.78, 5) is 10.7. The molecule has 0 N–H and O–H groups in total. The Hall–Kier alpha value is -4.79. The fourth-order valence-electron chi connectivity index (χ4n) is 5.73. The molecule has 5 heteroatoms. The minimum atomic E-state index is 0. The topological polar surface area (TPSA) is 54.0 Å². The van der Waals surface area contributed by atoms with Crippen LogP contribution in [0.3, 0.4) is 0 Å². The average molecular weight is 736 g/mol. The maximum absolute atomic E-state index is 5.33. The van der Waals surface area contributed by atoms with Crippen molar-refractivity contribution < 1.29 is 21.1 Å². The number of pyridine rings is 2. The van der Waals surface area contributed by atoms with Crippen molar-refractivity contribution in [1.82, 2.24) is 9.97 Å². The molecule has 5 aromatic carbocycles. The van der Waals surface area contributed by atoms with E-state index in [1.165, 1.54) is 0 Å². The van der Waals surface area contributed by atoms with Gasteiger partial charge in [-0.25, -0.2) is 9.97 Å². The summed E-state index contributed by atoms with van der Waals surface area (Å²) in [6.07, 6.45) is 0. The van der Waals surface area contributed by atoms with Gasteiger partial charge in [0.05, 0.1) is 22.4 Å². The average Bonchev–Trinajstić information content (AvgIpc) is 3.07. The molecule has 0 atom stereocenters. The third-order valence-corrected chi connectivity index (χ3v) is 7.77. The van der Waals surface area contributed by atoms with Gasteiger partial charge in [-0.05, 0) is 45.5 Å². The third kappa shape index (κ3) is 5.20. The van der Waals surface area contributed by atoms with Crippen molar-refractivity contribution in [3.8, 4) is 44.8 Å². The number of para-hydroxylation sites is 2. The molecule has 0 amide bonds. The Morgan fingerprint density at radius 1 is 0.419 bits per heavy atom. The zero-order valence-electron chi connectivity index (χ0n) is 23.8. The maximum Gasteiger partial charge on any atom is 2.00 e. The fraction of sp³-hybridized carbons (Fsp3) is 0.0526. The number of nitrogens with zero attached hydrogens (tertiary/aromatic N) is 4. The van der Waals surface area contributed by atoms with E-state index < -0.39 is 0 Å². The predicted octanol–water partition coefficient (Wildman–Crippen LogP) is 10.7. The molecule has 2 aromatic heterocycles. The van der Waals surface area contributed by atoms with E-state index in [-0.39, 0.29) is 21.1 Å². The Morgan fingerprint density at radius 2 is 0.791 bits per heavy atom. The van der Waals surface area contributed by atoms with Crippen molar-refractivity contribution in [2.75, 3.05) is 14.1 Å². The summed E-state index contributed by atoms with van der Waals surface area (Å²) in [6.45, 7) is 0. The van der Waals surface area contributed by atoms with Crippen LogP contribution >= 0.6 is 0 Å². The number of fused-ring (bicyclic) bond motifs is 3. The summed E-state index contributed by atoms with van der Waals surface area (Å²) >= 11 is 0. The standard InChI is InChI=1S/C38H28N4.Pt/c1-39-33-19-11-9-17-29(33)35-23-31(25-13-5-3-6-14-25)27-21-22-28-32(26-15-7-4-8-16-26)24-36(42-38(28)37(27)41-35)30-18-10-12-20-34(30)40-2;/h3-24H,1-2H3;/q-2;+2.